The third-order valence-corrected chi connectivity index (χ3v) is 6.71. The molecule has 136 valence electrons. The van der Waals surface area contributed by atoms with Crippen molar-refractivity contribution in [3.05, 3.63) is 70.2 Å². The van der Waals surface area contributed by atoms with E-state index in [4.69, 9.17) is 16.3 Å². The summed E-state index contributed by atoms with van der Waals surface area (Å²) in [6.45, 7) is -0.252. The molecule has 2 aromatic rings. The number of epoxide rings is 1. The van der Waals surface area contributed by atoms with Gasteiger partial charge in [0, 0.05) is 22.1 Å². The van der Waals surface area contributed by atoms with Gasteiger partial charge in [-0.2, -0.15) is 0 Å². The van der Waals surface area contributed by atoms with Crippen molar-refractivity contribution >= 4 is 11.6 Å². The minimum atomic E-state index is -3.22. The number of ether oxygens (including phenoxy) is 1. The van der Waals surface area contributed by atoms with E-state index in [1.807, 2.05) is 12.1 Å². The smallest absolute Gasteiger partial charge is 0.288 e. The van der Waals surface area contributed by atoms with Crippen molar-refractivity contribution in [1.82, 2.24) is 0 Å². The summed E-state index contributed by atoms with van der Waals surface area (Å²) < 4.78 is 63.3. The lowest BCUT2D eigenvalue weighted by atomic mass is 9.31. The Balaban J connectivity index is 1.44. The van der Waals surface area contributed by atoms with Crippen LogP contribution in [0.5, 0.6) is 0 Å². The van der Waals surface area contributed by atoms with E-state index in [0.717, 1.165) is 17.7 Å². The molecule has 0 N–H and O–H groups in total. The molecular formula is C20H15ClF4O. The molecule has 0 aromatic heterocycles. The molecule has 3 saturated carbocycles. The first-order valence-electron chi connectivity index (χ1n) is 8.47. The number of rotatable bonds is 4. The van der Waals surface area contributed by atoms with Gasteiger partial charge in [-0.25, -0.2) is 17.6 Å². The van der Waals surface area contributed by atoms with Gasteiger partial charge >= 0.3 is 0 Å². The molecule has 1 atom stereocenters. The highest BCUT2D eigenvalue weighted by Gasteiger charge is 2.85. The van der Waals surface area contributed by atoms with Crippen molar-refractivity contribution in [3.63, 3.8) is 0 Å². The second-order valence-corrected chi connectivity index (χ2v) is 8.35. The summed E-state index contributed by atoms with van der Waals surface area (Å²) in [6, 6.07) is 10.00. The molecular weight excluding hydrogens is 368 g/mol. The molecule has 1 saturated heterocycles. The van der Waals surface area contributed by atoms with E-state index in [9.17, 15) is 8.78 Å². The van der Waals surface area contributed by atoms with Gasteiger partial charge in [-0.05, 0) is 54.5 Å². The van der Waals surface area contributed by atoms with Crippen molar-refractivity contribution in [2.24, 2.45) is 5.41 Å². The summed E-state index contributed by atoms with van der Waals surface area (Å²) in [5.41, 5.74) is -2.65. The van der Waals surface area contributed by atoms with Crippen LogP contribution in [0.2, 0.25) is 5.02 Å². The first-order valence-corrected chi connectivity index (χ1v) is 8.85. The highest BCUT2D eigenvalue weighted by atomic mass is 35.5. The molecule has 1 nitrogen and oxygen atoms in total. The zero-order chi connectivity index (χ0) is 18.4. The van der Waals surface area contributed by atoms with Crippen LogP contribution < -0.4 is 0 Å². The Labute approximate surface area is 152 Å². The summed E-state index contributed by atoms with van der Waals surface area (Å²) in [7, 11) is 0. The van der Waals surface area contributed by atoms with Crippen LogP contribution in [0.3, 0.4) is 0 Å². The van der Waals surface area contributed by atoms with E-state index in [0.29, 0.717) is 30.4 Å². The molecule has 1 aliphatic heterocycles. The van der Waals surface area contributed by atoms with E-state index in [-0.39, 0.29) is 17.6 Å². The van der Waals surface area contributed by atoms with Crippen LogP contribution in [0.1, 0.15) is 30.4 Å². The van der Waals surface area contributed by atoms with Gasteiger partial charge in [0.05, 0.1) is 6.61 Å². The normalized spacial score (nSPS) is 34.8. The quantitative estimate of drug-likeness (QED) is 0.495. The molecule has 26 heavy (non-hydrogen) atoms. The van der Waals surface area contributed by atoms with Gasteiger partial charge in [-0.15, -0.1) is 0 Å². The van der Waals surface area contributed by atoms with Gasteiger partial charge in [0.1, 0.15) is 11.6 Å². The molecule has 4 fully saturated rings. The van der Waals surface area contributed by atoms with Gasteiger partial charge < -0.3 is 4.74 Å². The van der Waals surface area contributed by atoms with Crippen LogP contribution in [0.25, 0.3) is 0 Å². The Bertz CT molecular complexity index is 885. The molecule has 3 aliphatic carbocycles. The molecule has 0 radical (unpaired) electrons. The maximum absolute atomic E-state index is 15.4. The highest BCUT2D eigenvalue weighted by Crippen LogP contribution is 2.81. The van der Waals surface area contributed by atoms with Crippen LogP contribution in [-0.4, -0.2) is 12.5 Å². The van der Waals surface area contributed by atoms with Crippen molar-refractivity contribution in [2.75, 3.05) is 6.61 Å². The Hall–Kier alpha value is -1.59. The van der Waals surface area contributed by atoms with E-state index in [1.165, 1.54) is 0 Å². The maximum Gasteiger partial charge on any atom is 0.288 e. The lowest BCUT2D eigenvalue weighted by Crippen LogP contribution is -2.74. The molecule has 0 spiro atoms. The fraction of sp³-hybridized carbons (Fsp3) is 0.400. The van der Waals surface area contributed by atoms with E-state index in [2.05, 4.69) is 0 Å². The van der Waals surface area contributed by atoms with Crippen molar-refractivity contribution < 1.29 is 22.3 Å². The molecule has 2 aromatic carbocycles. The van der Waals surface area contributed by atoms with Gasteiger partial charge in [-0.1, -0.05) is 23.7 Å². The monoisotopic (exact) mass is 382 g/mol. The van der Waals surface area contributed by atoms with Gasteiger partial charge in [-0.3, -0.25) is 0 Å². The third-order valence-electron chi connectivity index (χ3n) is 6.46. The Morgan fingerprint density at radius 3 is 2.12 bits per heavy atom. The van der Waals surface area contributed by atoms with E-state index < -0.39 is 28.6 Å². The average Bonchev–Trinajstić information content (AvgIpc) is 3.28. The third kappa shape index (κ3) is 1.86. The second-order valence-electron chi connectivity index (χ2n) is 7.91. The number of benzene rings is 2. The average molecular weight is 383 g/mol. The zero-order valence-corrected chi connectivity index (χ0v) is 14.4. The van der Waals surface area contributed by atoms with Crippen molar-refractivity contribution in [1.29, 1.82) is 0 Å². The fourth-order valence-corrected chi connectivity index (χ4v) is 5.18. The van der Waals surface area contributed by atoms with Crippen LogP contribution >= 0.6 is 11.6 Å². The predicted molar refractivity (Wildman–Crippen MR) is 88.3 cm³/mol. The minimum absolute atomic E-state index is 0.245. The lowest BCUT2D eigenvalue weighted by Gasteiger charge is -2.73. The van der Waals surface area contributed by atoms with Crippen molar-refractivity contribution in [2.45, 2.75) is 36.2 Å². The second kappa shape index (κ2) is 4.82. The van der Waals surface area contributed by atoms with Gasteiger partial charge in [0.15, 0.2) is 5.60 Å². The SMILES string of the molecule is Fc1ccc(C2(C(F)(F)C34CC(c5ccc(Cl)cc5)(C3)C4)CO2)c(F)c1. The summed E-state index contributed by atoms with van der Waals surface area (Å²) >= 11 is 5.90. The summed E-state index contributed by atoms with van der Waals surface area (Å²) in [5, 5.41) is 0.609. The summed E-state index contributed by atoms with van der Waals surface area (Å²) in [5.74, 6) is -4.99. The standard InChI is InChI=1S/C20H15ClF4O/c21-13-3-1-12(2-4-13)17-8-18(9-17,10-17)20(24,25)19(11-26-19)15-6-5-14(22)7-16(15)23/h1-7H,8-11H2. The van der Waals surface area contributed by atoms with E-state index in [1.54, 1.807) is 12.1 Å². The number of hydrogen-bond donors (Lipinski definition) is 0. The van der Waals surface area contributed by atoms with Crippen molar-refractivity contribution in [3.8, 4) is 0 Å². The van der Waals surface area contributed by atoms with E-state index >= 15 is 8.78 Å². The summed E-state index contributed by atoms with van der Waals surface area (Å²) in [4.78, 5) is 0. The number of hydrogen-bond acceptors (Lipinski definition) is 1. The molecule has 1 unspecified atom stereocenters. The van der Waals surface area contributed by atoms with Gasteiger partial charge in [0.2, 0.25) is 0 Å². The maximum atomic E-state index is 15.4. The molecule has 4 aliphatic rings. The Morgan fingerprint density at radius 1 is 0.962 bits per heavy atom. The van der Waals surface area contributed by atoms with Crippen LogP contribution in [-0.2, 0) is 15.8 Å². The van der Waals surface area contributed by atoms with Gasteiger partial charge in [0.25, 0.3) is 5.92 Å². The molecule has 6 rings (SSSR count). The number of halogens is 5. The van der Waals surface area contributed by atoms with Crippen LogP contribution in [0.4, 0.5) is 17.6 Å². The molecule has 1 heterocycles. The van der Waals surface area contributed by atoms with Crippen LogP contribution in [0, 0.1) is 17.0 Å². The molecule has 6 heteroatoms. The zero-order valence-electron chi connectivity index (χ0n) is 13.7. The number of alkyl halides is 2. The first-order chi connectivity index (χ1) is 12.2. The summed E-state index contributed by atoms with van der Waals surface area (Å²) in [6.07, 6.45) is 1.01. The minimum Gasteiger partial charge on any atom is -0.358 e. The van der Waals surface area contributed by atoms with Crippen LogP contribution in [0.15, 0.2) is 42.5 Å². The Kier molecular flexibility index (Phi) is 3.07. The molecule has 2 bridgehead atoms. The Morgan fingerprint density at radius 2 is 1.58 bits per heavy atom. The molecule has 0 amide bonds. The largest absolute Gasteiger partial charge is 0.358 e. The predicted octanol–water partition coefficient (Wildman–Crippen LogP) is 5.60. The fourth-order valence-electron chi connectivity index (χ4n) is 5.05. The first kappa shape index (κ1) is 16.6. The highest BCUT2D eigenvalue weighted by molar-refractivity contribution is 6.30. The topological polar surface area (TPSA) is 12.5 Å². The lowest BCUT2D eigenvalue weighted by molar-refractivity contribution is -0.306.